The topological polar surface area (TPSA) is 46.3 Å². The molecule has 76 valence electrons. The Kier molecular flexibility index (Phi) is 2.96. The monoisotopic (exact) mass is 184 g/mol. The van der Waals surface area contributed by atoms with Crippen molar-refractivity contribution in [2.45, 2.75) is 38.1 Å². The predicted octanol–water partition coefficient (Wildman–Crippen LogP) is 0.982. The highest BCUT2D eigenvalue weighted by atomic mass is 16.2. The zero-order valence-electron chi connectivity index (χ0n) is 8.84. The van der Waals surface area contributed by atoms with Gasteiger partial charge in [0.05, 0.1) is 5.92 Å². The van der Waals surface area contributed by atoms with E-state index in [2.05, 4.69) is 0 Å². The van der Waals surface area contributed by atoms with Crippen molar-refractivity contribution >= 4 is 5.91 Å². The van der Waals surface area contributed by atoms with E-state index >= 15 is 0 Å². The molecule has 1 amide bonds. The summed E-state index contributed by atoms with van der Waals surface area (Å²) in [5, 5.41) is 0. The molecule has 3 heteroatoms. The first-order chi connectivity index (χ1) is 5.95. The first kappa shape index (κ1) is 10.5. The van der Waals surface area contributed by atoms with Crippen LogP contribution >= 0.6 is 0 Å². The predicted molar refractivity (Wildman–Crippen MR) is 53.2 cm³/mol. The molecular formula is C10H20N2O. The lowest BCUT2D eigenvalue weighted by Gasteiger charge is -2.38. The minimum Gasteiger partial charge on any atom is -0.349 e. The Hall–Kier alpha value is -0.570. The molecule has 1 aliphatic carbocycles. The van der Waals surface area contributed by atoms with Gasteiger partial charge in [-0.25, -0.2) is 0 Å². The molecule has 3 nitrogen and oxygen atoms in total. The minimum absolute atomic E-state index is 0.0243. The molecule has 0 aromatic carbocycles. The number of rotatable bonds is 1. The fourth-order valence-corrected chi connectivity index (χ4v) is 2.08. The summed E-state index contributed by atoms with van der Waals surface area (Å²) in [5.41, 5.74) is 5.82. The molecule has 1 fully saturated rings. The van der Waals surface area contributed by atoms with Gasteiger partial charge >= 0.3 is 0 Å². The third-order valence-corrected chi connectivity index (χ3v) is 2.99. The average Bonchev–Trinajstić information content (AvgIpc) is 2.02. The van der Waals surface area contributed by atoms with Gasteiger partial charge in [0.15, 0.2) is 0 Å². The Labute approximate surface area is 80.3 Å². The maximum absolute atomic E-state index is 11.8. The van der Waals surface area contributed by atoms with Crippen molar-refractivity contribution in [1.29, 1.82) is 0 Å². The molecule has 0 aliphatic heterocycles. The number of hydrogen-bond acceptors (Lipinski definition) is 2. The molecule has 0 radical (unpaired) electrons. The molecule has 0 aromatic rings. The largest absolute Gasteiger partial charge is 0.349 e. The van der Waals surface area contributed by atoms with Gasteiger partial charge in [0.2, 0.25) is 5.91 Å². The van der Waals surface area contributed by atoms with Gasteiger partial charge in [-0.15, -0.1) is 0 Å². The Morgan fingerprint density at radius 2 is 2.08 bits per heavy atom. The summed E-state index contributed by atoms with van der Waals surface area (Å²) in [7, 11) is 3.60. The van der Waals surface area contributed by atoms with E-state index in [9.17, 15) is 4.79 Å². The molecule has 0 saturated heterocycles. The summed E-state index contributed by atoms with van der Waals surface area (Å²) < 4.78 is 0. The van der Waals surface area contributed by atoms with Crippen molar-refractivity contribution in [3.8, 4) is 0 Å². The van der Waals surface area contributed by atoms with Crippen LogP contribution in [0.25, 0.3) is 0 Å². The number of amides is 1. The van der Waals surface area contributed by atoms with Crippen LogP contribution in [0.5, 0.6) is 0 Å². The highest BCUT2D eigenvalue weighted by molar-refractivity contribution is 5.79. The zero-order chi connectivity index (χ0) is 10.1. The Morgan fingerprint density at radius 3 is 2.54 bits per heavy atom. The maximum atomic E-state index is 11.8. The quantitative estimate of drug-likeness (QED) is 0.660. The number of nitrogens with two attached hydrogens (primary N) is 1. The summed E-state index contributed by atoms with van der Waals surface area (Å²) in [6.07, 6.45) is 4.21. The molecular weight excluding hydrogens is 164 g/mol. The van der Waals surface area contributed by atoms with Gasteiger partial charge in [0, 0.05) is 19.6 Å². The minimum atomic E-state index is -0.292. The molecule has 1 saturated carbocycles. The van der Waals surface area contributed by atoms with E-state index in [-0.39, 0.29) is 17.4 Å². The van der Waals surface area contributed by atoms with Crippen LogP contribution in [0.2, 0.25) is 0 Å². The lowest BCUT2D eigenvalue weighted by molar-refractivity contribution is -0.136. The van der Waals surface area contributed by atoms with Gasteiger partial charge in [0.1, 0.15) is 0 Å². The molecule has 2 N–H and O–H groups in total. The van der Waals surface area contributed by atoms with E-state index in [4.69, 9.17) is 5.73 Å². The summed E-state index contributed by atoms with van der Waals surface area (Å²) in [6.45, 7) is 2.00. The van der Waals surface area contributed by atoms with Crippen molar-refractivity contribution in [1.82, 2.24) is 4.90 Å². The third-order valence-electron chi connectivity index (χ3n) is 2.99. The molecule has 0 heterocycles. The number of hydrogen-bond donors (Lipinski definition) is 1. The molecule has 1 aliphatic rings. The molecule has 0 spiro atoms. The van der Waals surface area contributed by atoms with Crippen LogP contribution in [0.3, 0.4) is 0 Å². The summed E-state index contributed by atoms with van der Waals surface area (Å²) in [4.78, 5) is 13.4. The second kappa shape index (κ2) is 3.66. The third kappa shape index (κ3) is 2.21. The molecule has 0 aromatic heterocycles. The van der Waals surface area contributed by atoms with Gasteiger partial charge in [-0.05, 0) is 19.8 Å². The summed E-state index contributed by atoms with van der Waals surface area (Å²) in [5.74, 6) is 0.209. The van der Waals surface area contributed by atoms with Crippen LogP contribution < -0.4 is 5.73 Å². The van der Waals surface area contributed by atoms with Crippen molar-refractivity contribution in [3.05, 3.63) is 0 Å². The SMILES string of the molecule is CN(C)C(=O)C1CCCCC1(C)N. The van der Waals surface area contributed by atoms with Crippen LogP contribution in [-0.2, 0) is 4.79 Å². The van der Waals surface area contributed by atoms with Gasteiger partial charge in [-0.3, -0.25) is 4.79 Å². The van der Waals surface area contributed by atoms with Crippen LogP contribution in [0, 0.1) is 5.92 Å². The second-order valence-electron chi connectivity index (χ2n) is 4.54. The highest BCUT2D eigenvalue weighted by Crippen LogP contribution is 2.32. The van der Waals surface area contributed by atoms with E-state index in [1.807, 2.05) is 6.92 Å². The zero-order valence-corrected chi connectivity index (χ0v) is 8.84. The van der Waals surface area contributed by atoms with Crippen LogP contribution in [0.4, 0.5) is 0 Å². The summed E-state index contributed by atoms with van der Waals surface area (Å²) >= 11 is 0. The van der Waals surface area contributed by atoms with Gasteiger partial charge in [0.25, 0.3) is 0 Å². The fourth-order valence-electron chi connectivity index (χ4n) is 2.08. The first-order valence-corrected chi connectivity index (χ1v) is 4.95. The van der Waals surface area contributed by atoms with Crippen molar-refractivity contribution in [2.75, 3.05) is 14.1 Å². The summed E-state index contributed by atoms with van der Waals surface area (Å²) in [6, 6.07) is 0. The fraction of sp³-hybridized carbons (Fsp3) is 0.900. The average molecular weight is 184 g/mol. The second-order valence-corrected chi connectivity index (χ2v) is 4.54. The van der Waals surface area contributed by atoms with Crippen LogP contribution in [-0.4, -0.2) is 30.4 Å². The number of carbonyl (C=O) groups is 1. The normalized spacial score (nSPS) is 34.3. The van der Waals surface area contributed by atoms with E-state index in [1.165, 1.54) is 0 Å². The van der Waals surface area contributed by atoms with E-state index in [0.717, 1.165) is 25.7 Å². The Bertz CT molecular complexity index is 199. The van der Waals surface area contributed by atoms with Gasteiger partial charge in [-0.1, -0.05) is 12.8 Å². The molecule has 2 atom stereocenters. The Balaban J connectivity index is 2.71. The van der Waals surface area contributed by atoms with Crippen molar-refractivity contribution < 1.29 is 4.79 Å². The molecule has 1 rings (SSSR count). The van der Waals surface area contributed by atoms with E-state index in [1.54, 1.807) is 19.0 Å². The molecule has 13 heavy (non-hydrogen) atoms. The van der Waals surface area contributed by atoms with Crippen molar-refractivity contribution in [3.63, 3.8) is 0 Å². The lowest BCUT2D eigenvalue weighted by atomic mass is 9.74. The number of nitrogens with zero attached hydrogens (tertiary/aromatic N) is 1. The van der Waals surface area contributed by atoms with Crippen LogP contribution in [0.15, 0.2) is 0 Å². The maximum Gasteiger partial charge on any atom is 0.227 e. The standard InChI is InChI=1S/C10H20N2O/c1-10(11)7-5-4-6-8(10)9(13)12(2)3/h8H,4-7,11H2,1-3H3. The van der Waals surface area contributed by atoms with E-state index in [0.29, 0.717) is 0 Å². The van der Waals surface area contributed by atoms with Gasteiger partial charge < -0.3 is 10.6 Å². The van der Waals surface area contributed by atoms with Crippen LogP contribution in [0.1, 0.15) is 32.6 Å². The first-order valence-electron chi connectivity index (χ1n) is 4.95. The molecule has 0 bridgehead atoms. The smallest absolute Gasteiger partial charge is 0.227 e. The van der Waals surface area contributed by atoms with E-state index < -0.39 is 0 Å². The highest BCUT2D eigenvalue weighted by Gasteiger charge is 2.38. The Morgan fingerprint density at radius 1 is 1.46 bits per heavy atom. The number of carbonyl (C=O) groups excluding carboxylic acids is 1. The molecule has 2 unspecified atom stereocenters. The van der Waals surface area contributed by atoms with Crippen molar-refractivity contribution in [2.24, 2.45) is 11.7 Å². The lowest BCUT2D eigenvalue weighted by Crippen LogP contribution is -2.52. The van der Waals surface area contributed by atoms with Gasteiger partial charge in [-0.2, -0.15) is 0 Å².